The largest absolute Gasteiger partial charge is 0.484 e. The first kappa shape index (κ1) is 11.7. The molecule has 88 valence electrons. The minimum Gasteiger partial charge on any atom is -0.484 e. The molecule has 2 N–H and O–H groups in total. The van der Waals surface area contributed by atoms with Gasteiger partial charge in [0.1, 0.15) is 6.61 Å². The Morgan fingerprint density at radius 3 is 2.65 bits per heavy atom. The molecule has 0 aliphatic carbocycles. The Morgan fingerprint density at radius 2 is 1.94 bits per heavy atom. The van der Waals surface area contributed by atoms with Gasteiger partial charge < -0.3 is 10.5 Å². The molecule has 17 heavy (non-hydrogen) atoms. The van der Waals surface area contributed by atoms with Crippen LogP contribution in [0.2, 0.25) is 5.02 Å². The Labute approximate surface area is 104 Å². The number of nitrogen functional groups attached to an aromatic ring is 1. The van der Waals surface area contributed by atoms with Crippen molar-refractivity contribution in [2.45, 2.75) is 6.61 Å². The van der Waals surface area contributed by atoms with E-state index in [0.29, 0.717) is 5.02 Å². The third-order valence-electron chi connectivity index (χ3n) is 2.27. The first-order valence-electron chi connectivity index (χ1n) is 5.08. The van der Waals surface area contributed by atoms with E-state index in [1.807, 2.05) is 12.1 Å². The molecule has 0 heterocycles. The third kappa shape index (κ3) is 2.88. The second-order valence-electron chi connectivity index (χ2n) is 3.58. The van der Waals surface area contributed by atoms with E-state index in [0.717, 1.165) is 5.56 Å². The van der Waals surface area contributed by atoms with E-state index in [1.165, 1.54) is 12.1 Å². The quantitative estimate of drug-likeness (QED) is 0.846. The molecule has 0 radical (unpaired) electrons. The molecule has 0 atom stereocenters. The zero-order valence-electron chi connectivity index (χ0n) is 8.99. The van der Waals surface area contributed by atoms with E-state index in [1.54, 1.807) is 18.2 Å². The summed E-state index contributed by atoms with van der Waals surface area (Å²) in [5.41, 5.74) is 6.77. The zero-order chi connectivity index (χ0) is 12.3. The SMILES string of the molecule is Nc1cccc(F)c1OCc1cccc(Cl)c1. The van der Waals surface area contributed by atoms with Gasteiger partial charge in [0.05, 0.1) is 5.69 Å². The molecule has 0 aliphatic rings. The van der Waals surface area contributed by atoms with Gasteiger partial charge in [0.25, 0.3) is 0 Å². The summed E-state index contributed by atoms with van der Waals surface area (Å²) < 4.78 is 18.8. The van der Waals surface area contributed by atoms with Crippen LogP contribution in [0.3, 0.4) is 0 Å². The summed E-state index contributed by atoms with van der Waals surface area (Å²) >= 11 is 5.83. The number of hydrogen-bond donors (Lipinski definition) is 1. The van der Waals surface area contributed by atoms with E-state index < -0.39 is 5.82 Å². The first-order valence-corrected chi connectivity index (χ1v) is 5.46. The van der Waals surface area contributed by atoms with Crippen LogP contribution in [0.25, 0.3) is 0 Å². The van der Waals surface area contributed by atoms with Crippen LogP contribution in [0, 0.1) is 5.82 Å². The fourth-order valence-electron chi connectivity index (χ4n) is 1.46. The topological polar surface area (TPSA) is 35.2 Å². The van der Waals surface area contributed by atoms with Crippen molar-refractivity contribution in [1.82, 2.24) is 0 Å². The van der Waals surface area contributed by atoms with Gasteiger partial charge in [0, 0.05) is 5.02 Å². The molecule has 0 amide bonds. The van der Waals surface area contributed by atoms with Crippen LogP contribution in [0.1, 0.15) is 5.56 Å². The highest BCUT2D eigenvalue weighted by molar-refractivity contribution is 6.30. The molecule has 0 saturated carbocycles. The van der Waals surface area contributed by atoms with Crippen LogP contribution in [0.4, 0.5) is 10.1 Å². The van der Waals surface area contributed by atoms with Crippen molar-refractivity contribution < 1.29 is 9.13 Å². The lowest BCUT2D eigenvalue weighted by Gasteiger charge is -2.09. The molecule has 2 rings (SSSR count). The minimum atomic E-state index is -0.466. The summed E-state index contributed by atoms with van der Waals surface area (Å²) in [4.78, 5) is 0. The Morgan fingerprint density at radius 1 is 1.18 bits per heavy atom. The highest BCUT2D eigenvalue weighted by Crippen LogP contribution is 2.25. The van der Waals surface area contributed by atoms with Gasteiger partial charge in [-0.05, 0) is 29.8 Å². The van der Waals surface area contributed by atoms with Gasteiger partial charge in [-0.2, -0.15) is 0 Å². The summed E-state index contributed by atoms with van der Waals surface area (Å²) in [5.74, 6) is -0.389. The number of hydrogen-bond acceptors (Lipinski definition) is 2. The highest BCUT2D eigenvalue weighted by Gasteiger charge is 2.07. The maximum Gasteiger partial charge on any atom is 0.178 e. The number of halogens is 2. The molecule has 2 aromatic rings. The van der Waals surface area contributed by atoms with E-state index >= 15 is 0 Å². The normalized spacial score (nSPS) is 10.2. The van der Waals surface area contributed by atoms with E-state index in [-0.39, 0.29) is 18.0 Å². The van der Waals surface area contributed by atoms with Crippen molar-refractivity contribution in [3.05, 3.63) is 58.9 Å². The van der Waals surface area contributed by atoms with E-state index in [2.05, 4.69) is 0 Å². The lowest BCUT2D eigenvalue weighted by atomic mass is 10.2. The van der Waals surface area contributed by atoms with Gasteiger partial charge in [-0.3, -0.25) is 0 Å². The van der Waals surface area contributed by atoms with Crippen molar-refractivity contribution >= 4 is 17.3 Å². The molecule has 0 spiro atoms. The zero-order valence-corrected chi connectivity index (χ0v) is 9.75. The summed E-state index contributed by atoms with van der Waals surface area (Å²) in [6, 6.07) is 11.6. The second-order valence-corrected chi connectivity index (χ2v) is 4.01. The maximum atomic E-state index is 13.4. The first-order chi connectivity index (χ1) is 8.16. The molecule has 4 heteroatoms. The lowest BCUT2D eigenvalue weighted by Crippen LogP contribution is -2.00. The van der Waals surface area contributed by atoms with Crippen LogP contribution in [0.5, 0.6) is 5.75 Å². The van der Waals surface area contributed by atoms with Gasteiger partial charge in [-0.15, -0.1) is 0 Å². The standard InChI is InChI=1S/C13H11ClFNO/c14-10-4-1-3-9(7-10)8-17-13-11(15)5-2-6-12(13)16/h1-7H,8,16H2. The minimum absolute atomic E-state index is 0.0764. The van der Waals surface area contributed by atoms with Gasteiger partial charge in [-0.25, -0.2) is 4.39 Å². The summed E-state index contributed by atoms with van der Waals surface area (Å²) in [5, 5.41) is 0.618. The number of anilines is 1. The van der Waals surface area contributed by atoms with Gasteiger partial charge in [0.2, 0.25) is 0 Å². The van der Waals surface area contributed by atoms with Crippen LogP contribution in [-0.4, -0.2) is 0 Å². The monoisotopic (exact) mass is 251 g/mol. The second kappa shape index (κ2) is 5.06. The number of para-hydroxylation sites is 1. The van der Waals surface area contributed by atoms with Crippen LogP contribution in [-0.2, 0) is 6.61 Å². The number of rotatable bonds is 3. The Balaban J connectivity index is 2.13. The molecule has 0 aliphatic heterocycles. The molecule has 0 saturated heterocycles. The van der Waals surface area contributed by atoms with Crippen molar-refractivity contribution in [2.24, 2.45) is 0 Å². The van der Waals surface area contributed by atoms with E-state index in [9.17, 15) is 4.39 Å². The van der Waals surface area contributed by atoms with Crippen molar-refractivity contribution in [2.75, 3.05) is 5.73 Å². The molecule has 2 nitrogen and oxygen atoms in total. The number of ether oxygens (including phenoxy) is 1. The fraction of sp³-hybridized carbons (Fsp3) is 0.0769. The molecule has 0 bridgehead atoms. The van der Waals surface area contributed by atoms with Crippen LogP contribution >= 0.6 is 11.6 Å². The van der Waals surface area contributed by atoms with Crippen molar-refractivity contribution in [3.8, 4) is 5.75 Å². The van der Waals surface area contributed by atoms with Crippen molar-refractivity contribution in [3.63, 3.8) is 0 Å². The lowest BCUT2D eigenvalue weighted by molar-refractivity contribution is 0.292. The smallest absolute Gasteiger partial charge is 0.178 e. The maximum absolute atomic E-state index is 13.4. The molecule has 0 aromatic heterocycles. The predicted molar refractivity (Wildman–Crippen MR) is 66.6 cm³/mol. The molecular weight excluding hydrogens is 241 g/mol. The number of benzene rings is 2. The third-order valence-corrected chi connectivity index (χ3v) is 2.50. The Kier molecular flexibility index (Phi) is 3.49. The van der Waals surface area contributed by atoms with Crippen LogP contribution < -0.4 is 10.5 Å². The summed E-state index contributed by atoms with van der Waals surface area (Å²) in [7, 11) is 0. The highest BCUT2D eigenvalue weighted by atomic mass is 35.5. The van der Waals surface area contributed by atoms with E-state index in [4.69, 9.17) is 22.1 Å². The average molecular weight is 252 g/mol. The number of nitrogens with two attached hydrogens (primary N) is 1. The summed E-state index contributed by atoms with van der Waals surface area (Å²) in [6.07, 6.45) is 0. The van der Waals surface area contributed by atoms with Gasteiger partial charge in [-0.1, -0.05) is 29.8 Å². The van der Waals surface area contributed by atoms with Crippen molar-refractivity contribution in [1.29, 1.82) is 0 Å². The predicted octanol–water partition coefficient (Wildman–Crippen LogP) is 3.64. The average Bonchev–Trinajstić information content (AvgIpc) is 2.28. The van der Waals surface area contributed by atoms with Gasteiger partial charge in [0.15, 0.2) is 11.6 Å². The van der Waals surface area contributed by atoms with Crippen LogP contribution in [0.15, 0.2) is 42.5 Å². The summed E-state index contributed by atoms with van der Waals surface area (Å²) in [6.45, 7) is 0.228. The molecule has 0 fully saturated rings. The molecular formula is C13H11ClFNO. The molecule has 0 unspecified atom stereocenters. The molecule has 2 aromatic carbocycles. The Hall–Kier alpha value is -1.74. The van der Waals surface area contributed by atoms with Gasteiger partial charge >= 0.3 is 0 Å². The fourth-order valence-corrected chi connectivity index (χ4v) is 1.67. The Bertz CT molecular complexity index is 510.